The van der Waals surface area contributed by atoms with Gasteiger partial charge in [-0.25, -0.2) is 0 Å². The van der Waals surface area contributed by atoms with Crippen LogP contribution in [0.5, 0.6) is 0 Å². The summed E-state index contributed by atoms with van der Waals surface area (Å²) in [5, 5.41) is 2.03. The van der Waals surface area contributed by atoms with E-state index < -0.39 is 0 Å². The lowest BCUT2D eigenvalue weighted by Crippen LogP contribution is -2.10. The standard InChI is InChI=1S/C50H33NO/c1-2-9-34(10-3-1)36-21-26-43(27-22-36)51(45-14-8-13-40(32-45)41-19-17-35-11-4-5-12-39(35)31-41)44-28-23-37(24-29-44)42-20-18-38-25-30-49-50(47(38)33-42)46-15-6-7-16-48(46)52-49/h1-33H/i4D,5D,12D,15D,17D,19D,25D,30D,31D,33D. The fourth-order valence-corrected chi connectivity index (χ4v) is 6.84. The maximum Gasteiger partial charge on any atom is 0.136 e. The monoisotopic (exact) mass is 673 g/mol. The van der Waals surface area contributed by atoms with Crippen LogP contribution in [-0.4, -0.2) is 0 Å². The first-order valence-electron chi connectivity index (χ1n) is 21.9. The molecule has 0 atom stereocenters. The van der Waals surface area contributed by atoms with E-state index in [2.05, 4.69) is 0 Å². The summed E-state index contributed by atoms with van der Waals surface area (Å²) < 4.78 is 93.7. The van der Waals surface area contributed by atoms with Crippen LogP contribution in [0, 0.1) is 0 Å². The molecule has 52 heavy (non-hydrogen) atoms. The molecule has 0 amide bonds. The van der Waals surface area contributed by atoms with E-state index in [0.717, 1.165) is 28.1 Å². The first-order chi connectivity index (χ1) is 29.9. The molecular weight excluding hydrogens is 631 g/mol. The van der Waals surface area contributed by atoms with E-state index in [4.69, 9.17) is 15.4 Å². The first kappa shape index (κ1) is 21.3. The van der Waals surface area contributed by atoms with E-state index in [0.29, 0.717) is 43.9 Å². The Morgan fingerprint density at radius 3 is 1.92 bits per heavy atom. The van der Waals surface area contributed by atoms with Crippen LogP contribution in [0.4, 0.5) is 17.1 Å². The van der Waals surface area contributed by atoms with Gasteiger partial charge in [-0.05, 0) is 116 Å². The number of benzene rings is 9. The smallest absolute Gasteiger partial charge is 0.136 e. The van der Waals surface area contributed by atoms with Gasteiger partial charge in [0.05, 0.1) is 13.7 Å². The van der Waals surface area contributed by atoms with Gasteiger partial charge >= 0.3 is 0 Å². The molecule has 10 rings (SSSR count). The zero-order valence-electron chi connectivity index (χ0n) is 37.6. The lowest BCUT2D eigenvalue weighted by molar-refractivity contribution is 0.669. The number of hydrogen-bond donors (Lipinski definition) is 0. The molecule has 0 saturated carbocycles. The number of hydrogen-bond acceptors (Lipinski definition) is 2. The van der Waals surface area contributed by atoms with Crippen LogP contribution in [0.2, 0.25) is 0 Å². The van der Waals surface area contributed by atoms with Crippen molar-refractivity contribution in [2.45, 2.75) is 0 Å². The molecule has 0 bridgehead atoms. The number of nitrogens with zero attached hydrogens (tertiary/aromatic N) is 1. The second kappa shape index (κ2) is 12.5. The number of fused-ring (bicyclic) bond motifs is 6. The Morgan fingerprint density at radius 2 is 1.10 bits per heavy atom. The van der Waals surface area contributed by atoms with Crippen LogP contribution in [-0.2, 0) is 0 Å². The van der Waals surface area contributed by atoms with Gasteiger partial charge in [0.2, 0.25) is 0 Å². The minimum atomic E-state index is -0.342. The van der Waals surface area contributed by atoms with Crippen LogP contribution in [0.15, 0.2) is 204 Å². The predicted molar refractivity (Wildman–Crippen MR) is 220 cm³/mol. The van der Waals surface area contributed by atoms with E-state index >= 15 is 0 Å². The van der Waals surface area contributed by atoms with Gasteiger partial charge in [-0.2, -0.15) is 0 Å². The van der Waals surface area contributed by atoms with Crippen molar-refractivity contribution in [1.82, 2.24) is 0 Å². The van der Waals surface area contributed by atoms with Crippen molar-refractivity contribution in [2.75, 3.05) is 4.90 Å². The van der Waals surface area contributed by atoms with E-state index in [-0.39, 0.29) is 82.3 Å². The Balaban J connectivity index is 1.12. The molecule has 0 aliphatic rings. The molecule has 244 valence electrons. The van der Waals surface area contributed by atoms with Crippen molar-refractivity contribution in [2.24, 2.45) is 0 Å². The highest BCUT2D eigenvalue weighted by Crippen LogP contribution is 2.40. The molecule has 2 heteroatoms. The molecule has 0 aliphatic carbocycles. The predicted octanol–water partition coefficient (Wildman–Crippen LogP) is 14.4. The summed E-state index contributed by atoms with van der Waals surface area (Å²) in [4.78, 5) is 2.03. The van der Waals surface area contributed by atoms with Crippen molar-refractivity contribution in [3.05, 3.63) is 200 Å². The molecule has 2 nitrogen and oxygen atoms in total. The minimum absolute atomic E-state index is 0.0503. The Bertz CT molecular complexity index is 3460. The number of rotatable bonds is 6. The van der Waals surface area contributed by atoms with Crippen molar-refractivity contribution < 1.29 is 18.1 Å². The zero-order chi connectivity index (χ0) is 43.1. The summed E-state index contributed by atoms with van der Waals surface area (Å²) in [6.07, 6.45) is 0. The zero-order valence-corrected chi connectivity index (χ0v) is 27.6. The van der Waals surface area contributed by atoms with Gasteiger partial charge in [0.25, 0.3) is 0 Å². The highest BCUT2D eigenvalue weighted by atomic mass is 16.3. The molecule has 0 saturated heterocycles. The quantitative estimate of drug-likeness (QED) is 0.175. The normalized spacial score (nSPS) is 14.2. The van der Waals surface area contributed by atoms with Gasteiger partial charge in [0.1, 0.15) is 11.2 Å². The number of anilines is 3. The molecule has 0 N–H and O–H groups in total. The average molecular weight is 674 g/mol. The second-order valence-electron chi connectivity index (χ2n) is 12.5. The molecule has 9 aromatic carbocycles. The van der Waals surface area contributed by atoms with Crippen molar-refractivity contribution in [3.63, 3.8) is 0 Å². The van der Waals surface area contributed by atoms with Crippen LogP contribution < -0.4 is 4.90 Å². The minimum Gasteiger partial charge on any atom is -0.456 e. The van der Waals surface area contributed by atoms with Crippen LogP contribution in [0.25, 0.3) is 76.9 Å². The van der Waals surface area contributed by atoms with E-state index in [1.807, 2.05) is 102 Å². The molecule has 1 aromatic heterocycles. The molecule has 0 spiro atoms. The molecule has 0 fully saturated rings. The van der Waals surface area contributed by atoms with Crippen LogP contribution in [0.3, 0.4) is 0 Å². The fraction of sp³-hybridized carbons (Fsp3) is 0. The van der Waals surface area contributed by atoms with Gasteiger partial charge in [-0.1, -0.05) is 139 Å². The summed E-state index contributed by atoms with van der Waals surface area (Å²) in [5.74, 6) is 0. The maximum atomic E-state index is 9.52. The van der Waals surface area contributed by atoms with E-state index in [1.165, 1.54) is 6.07 Å². The van der Waals surface area contributed by atoms with Gasteiger partial charge < -0.3 is 9.32 Å². The molecule has 0 unspecified atom stereocenters. The summed E-state index contributed by atoms with van der Waals surface area (Å²) in [7, 11) is 0. The Morgan fingerprint density at radius 1 is 0.385 bits per heavy atom. The third kappa shape index (κ3) is 5.30. The van der Waals surface area contributed by atoms with E-state index in [1.54, 1.807) is 36.4 Å². The fourth-order valence-electron chi connectivity index (χ4n) is 6.84. The SMILES string of the molecule is [2H]c1cc2c([2H])c([2H])c(-c3cccc(N(c4ccc(-c5ccccc5)cc4)c4ccc(-c5ccc6c([2H])c([2H])c7oc8cccc([2H])c8c7c6c5[2H])cc4)c3)c([2H])c2c([2H])c1[2H]. The molecular formula is C50H33NO. The molecule has 0 aliphatic heterocycles. The highest BCUT2D eigenvalue weighted by Gasteiger charge is 2.16. The van der Waals surface area contributed by atoms with Gasteiger partial charge in [-0.3, -0.25) is 0 Å². The van der Waals surface area contributed by atoms with Gasteiger partial charge in [0.15, 0.2) is 0 Å². The van der Waals surface area contributed by atoms with Crippen molar-refractivity contribution >= 4 is 60.5 Å². The maximum absolute atomic E-state index is 9.52. The van der Waals surface area contributed by atoms with Crippen LogP contribution >= 0.6 is 0 Å². The molecule has 1 heterocycles. The summed E-state index contributed by atoms with van der Waals surface area (Å²) >= 11 is 0. The van der Waals surface area contributed by atoms with Crippen molar-refractivity contribution in [3.8, 4) is 33.4 Å². The Labute approximate surface area is 316 Å². The Kier molecular flexibility index (Phi) is 5.11. The van der Waals surface area contributed by atoms with Gasteiger partial charge in [-0.15, -0.1) is 0 Å². The highest BCUT2D eigenvalue weighted by molar-refractivity contribution is 6.19. The van der Waals surface area contributed by atoms with E-state index in [9.17, 15) is 2.74 Å². The molecule has 0 radical (unpaired) electrons. The topological polar surface area (TPSA) is 16.4 Å². The summed E-state index contributed by atoms with van der Waals surface area (Å²) in [6, 6.07) is 41.8. The first-order valence-corrected chi connectivity index (χ1v) is 16.9. The summed E-state index contributed by atoms with van der Waals surface area (Å²) in [6.45, 7) is 0. The lowest BCUT2D eigenvalue weighted by atomic mass is 9.97. The molecule has 10 aromatic rings. The lowest BCUT2D eigenvalue weighted by Gasteiger charge is -2.26. The van der Waals surface area contributed by atoms with Crippen molar-refractivity contribution in [1.29, 1.82) is 0 Å². The average Bonchev–Trinajstić information content (AvgIpc) is 3.69. The largest absolute Gasteiger partial charge is 0.456 e. The van der Waals surface area contributed by atoms with Crippen LogP contribution in [0.1, 0.15) is 13.7 Å². The number of furan rings is 1. The Hall–Kier alpha value is -6.90. The van der Waals surface area contributed by atoms with Gasteiger partial charge in [0, 0.05) is 27.8 Å². The third-order valence-electron chi connectivity index (χ3n) is 9.39. The summed E-state index contributed by atoms with van der Waals surface area (Å²) in [5.41, 5.74) is 6.88. The number of para-hydroxylation sites is 1. The second-order valence-corrected chi connectivity index (χ2v) is 12.5. The third-order valence-corrected chi connectivity index (χ3v) is 9.39.